The van der Waals surface area contributed by atoms with Gasteiger partial charge in [0.25, 0.3) is 0 Å². The van der Waals surface area contributed by atoms with E-state index in [1.807, 2.05) is 36.5 Å². The van der Waals surface area contributed by atoms with Crippen LogP contribution in [-0.2, 0) is 0 Å². The molecule has 1 heterocycles. The Morgan fingerprint density at radius 1 is 1.25 bits per heavy atom. The number of hydrazone groups is 1. The van der Waals surface area contributed by atoms with E-state index in [1.54, 1.807) is 17.1 Å². The Morgan fingerprint density at radius 2 is 2.04 bits per heavy atom. The van der Waals surface area contributed by atoms with Crippen LogP contribution < -0.4 is 5.43 Å². The molecule has 0 bridgehead atoms. The zero-order valence-corrected chi connectivity index (χ0v) is 13.2. The average molecular weight is 341 g/mol. The van der Waals surface area contributed by atoms with E-state index in [-0.39, 0.29) is 5.56 Å². The van der Waals surface area contributed by atoms with Crippen LogP contribution in [0.4, 0.5) is 5.69 Å². The molecule has 120 valence electrons. The van der Waals surface area contributed by atoms with Crippen LogP contribution in [0.15, 0.2) is 66.0 Å². The molecule has 3 rings (SSSR count). The normalized spacial score (nSPS) is 10.9. The van der Waals surface area contributed by atoms with Crippen molar-refractivity contribution >= 4 is 29.5 Å². The van der Waals surface area contributed by atoms with Gasteiger partial charge in [0, 0.05) is 11.8 Å². The molecule has 0 atom stereocenters. The average Bonchev–Trinajstić information content (AvgIpc) is 3.06. The Balaban J connectivity index is 1.72. The summed E-state index contributed by atoms with van der Waals surface area (Å²) in [5, 5.41) is 17.7. The monoisotopic (exact) mass is 340 g/mol. The Hall–Kier alpha value is -3.12. The molecule has 0 aliphatic heterocycles. The molecule has 1 aromatic heterocycles. The first-order valence-corrected chi connectivity index (χ1v) is 7.43. The molecule has 2 aromatic carbocycles. The lowest BCUT2D eigenvalue weighted by molar-refractivity contribution is 0.0697. The number of carboxylic acid groups (broad SMARTS) is 1. The van der Waals surface area contributed by atoms with E-state index in [0.29, 0.717) is 10.7 Å². The molecule has 7 heteroatoms. The molecule has 0 fully saturated rings. The van der Waals surface area contributed by atoms with Gasteiger partial charge in [0.2, 0.25) is 0 Å². The fraction of sp³-hybridized carbons (Fsp3) is 0. The number of rotatable bonds is 5. The Morgan fingerprint density at radius 3 is 2.79 bits per heavy atom. The number of carboxylic acids is 1. The summed E-state index contributed by atoms with van der Waals surface area (Å²) in [5.41, 5.74) is 5.03. The second-order valence-electron chi connectivity index (χ2n) is 4.92. The van der Waals surface area contributed by atoms with Gasteiger partial charge in [-0.2, -0.15) is 10.2 Å². The number of aromatic nitrogens is 2. The van der Waals surface area contributed by atoms with Crippen LogP contribution in [0.5, 0.6) is 0 Å². The molecule has 3 aromatic rings. The Bertz CT molecular complexity index is 891. The number of nitrogens with one attached hydrogen (secondary N) is 1. The largest absolute Gasteiger partial charge is 0.478 e. The zero-order chi connectivity index (χ0) is 16.9. The van der Waals surface area contributed by atoms with E-state index >= 15 is 0 Å². The predicted octanol–water partition coefficient (Wildman–Crippen LogP) is 3.67. The molecule has 0 spiro atoms. The maximum absolute atomic E-state index is 11.0. The molecular weight excluding hydrogens is 328 g/mol. The van der Waals surface area contributed by atoms with Gasteiger partial charge in [0.05, 0.1) is 34.4 Å². The Kier molecular flexibility index (Phi) is 4.58. The molecule has 0 unspecified atom stereocenters. The SMILES string of the molecule is O=C(O)c1ccc(Cl)c(N/N=C\c2cnn(-c3ccccc3)c2)c1. The number of hydrogen-bond acceptors (Lipinski definition) is 4. The number of carbonyl (C=O) groups is 1. The van der Waals surface area contributed by atoms with Crippen molar-refractivity contribution in [3.63, 3.8) is 0 Å². The highest BCUT2D eigenvalue weighted by atomic mass is 35.5. The quantitative estimate of drug-likeness (QED) is 0.548. The second-order valence-corrected chi connectivity index (χ2v) is 5.33. The molecule has 0 saturated heterocycles. The zero-order valence-electron chi connectivity index (χ0n) is 12.4. The van der Waals surface area contributed by atoms with Gasteiger partial charge in [-0.1, -0.05) is 29.8 Å². The van der Waals surface area contributed by atoms with Crippen molar-refractivity contribution in [2.45, 2.75) is 0 Å². The highest BCUT2D eigenvalue weighted by molar-refractivity contribution is 6.33. The maximum Gasteiger partial charge on any atom is 0.335 e. The van der Waals surface area contributed by atoms with E-state index in [9.17, 15) is 4.79 Å². The van der Waals surface area contributed by atoms with Crippen molar-refractivity contribution in [1.29, 1.82) is 0 Å². The van der Waals surface area contributed by atoms with Crippen molar-refractivity contribution in [2.24, 2.45) is 5.10 Å². The minimum Gasteiger partial charge on any atom is -0.478 e. The van der Waals surface area contributed by atoms with Gasteiger partial charge in [-0.05, 0) is 30.3 Å². The number of halogens is 1. The lowest BCUT2D eigenvalue weighted by Gasteiger charge is -2.04. The van der Waals surface area contributed by atoms with Crippen LogP contribution in [0.25, 0.3) is 5.69 Å². The predicted molar refractivity (Wildman–Crippen MR) is 93.2 cm³/mol. The van der Waals surface area contributed by atoms with Crippen LogP contribution in [0.2, 0.25) is 5.02 Å². The standard InChI is InChI=1S/C17H13ClN4O2/c18-15-7-6-13(17(23)24)8-16(15)21-19-9-12-10-20-22(11-12)14-4-2-1-3-5-14/h1-11,21H,(H,23,24)/b19-9-. The molecule has 0 radical (unpaired) electrons. The van der Waals surface area contributed by atoms with E-state index in [0.717, 1.165) is 11.3 Å². The van der Waals surface area contributed by atoms with Crippen LogP contribution >= 0.6 is 11.6 Å². The third kappa shape index (κ3) is 3.61. The van der Waals surface area contributed by atoms with Gasteiger partial charge in [0.15, 0.2) is 0 Å². The van der Waals surface area contributed by atoms with E-state index in [1.165, 1.54) is 18.2 Å². The first-order valence-electron chi connectivity index (χ1n) is 7.05. The third-order valence-electron chi connectivity index (χ3n) is 3.24. The van der Waals surface area contributed by atoms with Gasteiger partial charge in [-0.25, -0.2) is 9.48 Å². The van der Waals surface area contributed by atoms with Crippen LogP contribution in [0, 0.1) is 0 Å². The summed E-state index contributed by atoms with van der Waals surface area (Å²) in [5.74, 6) is -1.03. The summed E-state index contributed by atoms with van der Waals surface area (Å²) in [6.45, 7) is 0. The number of aromatic carboxylic acids is 1. The van der Waals surface area contributed by atoms with Crippen molar-refractivity contribution in [3.8, 4) is 5.69 Å². The number of benzene rings is 2. The fourth-order valence-electron chi connectivity index (χ4n) is 2.05. The van der Waals surface area contributed by atoms with Gasteiger partial charge < -0.3 is 5.11 Å². The maximum atomic E-state index is 11.0. The van der Waals surface area contributed by atoms with E-state index < -0.39 is 5.97 Å². The summed E-state index contributed by atoms with van der Waals surface area (Å²) >= 11 is 6.02. The number of anilines is 1. The van der Waals surface area contributed by atoms with Gasteiger partial charge in [0.1, 0.15) is 0 Å². The topological polar surface area (TPSA) is 79.5 Å². The molecule has 0 aliphatic carbocycles. The van der Waals surface area contributed by atoms with Crippen LogP contribution in [0.3, 0.4) is 0 Å². The lowest BCUT2D eigenvalue weighted by Crippen LogP contribution is -1.98. The summed E-state index contributed by atoms with van der Waals surface area (Å²) in [4.78, 5) is 11.0. The molecule has 24 heavy (non-hydrogen) atoms. The van der Waals surface area contributed by atoms with Crippen molar-refractivity contribution in [1.82, 2.24) is 9.78 Å². The minimum atomic E-state index is -1.03. The summed E-state index contributed by atoms with van der Waals surface area (Å²) in [7, 11) is 0. The van der Waals surface area contributed by atoms with Crippen molar-refractivity contribution in [3.05, 3.63) is 77.1 Å². The molecular formula is C17H13ClN4O2. The van der Waals surface area contributed by atoms with E-state index in [4.69, 9.17) is 16.7 Å². The van der Waals surface area contributed by atoms with Crippen LogP contribution in [0.1, 0.15) is 15.9 Å². The number of nitrogens with zero attached hydrogens (tertiary/aromatic N) is 3. The summed E-state index contributed by atoms with van der Waals surface area (Å²) in [6, 6.07) is 14.1. The highest BCUT2D eigenvalue weighted by Crippen LogP contribution is 2.23. The minimum absolute atomic E-state index is 0.133. The van der Waals surface area contributed by atoms with Gasteiger partial charge >= 0.3 is 5.97 Å². The first-order chi connectivity index (χ1) is 11.6. The molecule has 0 saturated carbocycles. The summed E-state index contributed by atoms with van der Waals surface area (Å²) in [6.07, 6.45) is 5.08. The molecule has 0 amide bonds. The summed E-state index contributed by atoms with van der Waals surface area (Å²) < 4.78 is 1.74. The van der Waals surface area contributed by atoms with Crippen molar-refractivity contribution < 1.29 is 9.90 Å². The Labute approximate surface area is 143 Å². The number of hydrogen-bond donors (Lipinski definition) is 2. The second kappa shape index (κ2) is 6.97. The molecule has 0 aliphatic rings. The fourth-order valence-corrected chi connectivity index (χ4v) is 2.21. The third-order valence-corrected chi connectivity index (χ3v) is 3.56. The first kappa shape index (κ1) is 15.8. The van der Waals surface area contributed by atoms with Crippen LogP contribution in [-0.4, -0.2) is 27.1 Å². The number of para-hydroxylation sites is 1. The highest BCUT2D eigenvalue weighted by Gasteiger charge is 2.06. The molecule has 2 N–H and O–H groups in total. The van der Waals surface area contributed by atoms with Gasteiger partial charge in [-0.3, -0.25) is 5.43 Å². The van der Waals surface area contributed by atoms with E-state index in [2.05, 4.69) is 15.6 Å². The lowest BCUT2D eigenvalue weighted by atomic mass is 10.2. The van der Waals surface area contributed by atoms with Crippen molar-refractivity contribution in [2.75, 3.05) is 5.43 Å². The smallest absolute Gasteiger partial charge is 0.335 e. The molecule has 6 nitrogen and oxygen atoms in total. The van der Waals surface area contributed by atoms with Gasteiger partial charge in [-0.15, -0.1) is 0 Å².